The molecule has 1 aromatic carbocycles. The van der Waals surface area contributed by atoms with Crippen molar-refractivity contribution in [3.63, 3.8) is 0 Å². The molecular weight excluding hydrogens is 249 g/mol. The zero-order valence-corrected chi connectivity index (χ0v) is 12.6. The minimum atomic E-state index is -0.131. The van der Waals surface area contributed by atoms with Gasteiger partial charge in [-0.3, -0.25) is 0 Å². The summed E-state index contributed by atoms with van der Waals surface area (Å²) in [6, 6.07) is 8.46. The third kappa shape index (κ3) is 2.76. The molecule has 0 bridgehead atoms. The van der Waals surface area contributed by atoms with E-state index in [1.807, 2.05) is 12.1 Å². The molecule has 1 nitrogen and oxygen atoms in total. The topological polar surface area (TPSA) is 12.0 Å². The molecule has 3 unspecified atom stereocenters. The first kappa shape index (κ1) is 14.1. The molecular formula is C18H26FN. The fourth-order valence-corrected chi connectivity index (χ4v) is 4.12. The van der Waals surface area contributed by atoms with Crippen molar-refractivity contribution in [2.24, 2.45) is 11.8 Å². The molecule has 1 N–H and O–H groups in total. The Balaban J connectivity index is 1.48. The molecule has 0 aromatic heterocycles. The molecule has 2 heteroatoms. The summed E-state index contributed by atoms with van der Waals surface area (Å²) in [7, 11) is 0. The second-order valence-corrected chi connectivity index (χ2v) is 6.79. The summed E-state index contributed by atoms with van der Waals surface area (Å²) in [5.41, 5.74) is 1.30. The Morgan fingerprint density at radius 2 is 1.85 bits per heavy atom. The third-order valence-corrected chi connectivity index (χ3v) is 5.68. The number of hydrogen-bond acceptors (Lipinski definition) is 1. The van der Waals surface area contributed by atoms with Crippen molar-refractivity contribution in [3.05, 3.63) is 35.6 Å². The lowest BCUT2D eigenvalue weighted by Crippen LogP contribution is -2.46. The van der Waals surface area contributed by atoms with Crippen LogP contribution in [-0.2, 0) is 0 Å². The maximum atomic E-state index is 12.9. The predicted octanol–water partition coefficient (Wildman–Crippen LogP) is 4.49. The van der Waals surface area contributed by atoms with E-state index in [2.05, 4.69) is 19.2 Å². The van der Waals surface area contributed by atoms with Crippen molar-refractivity contribution in [1.29, 1.82) is 0 Å². The number of nitrogens with one attached hydrogen (secondary N) is 1. The highest BCUT2D eigenvalue weighted by Crippen LogP contribution is 2.40. The standard InChI is InChI=1S/C18H26FN/c1-3-13-6-9-18(12(13)2)20-17-10-15(11-17)14-4-7-16(19)8-5-14/h4-5,7-8,12-13,15,17-18,20H,3,6,9-11H2,1-2H3. The second kappa shape index (κ2) is 5.85. The van der Waals surface area contributed by atoms with E-state index in [1.54, 1.807) is 12.1 Å². The number of rotatable bonds is 4. The Labute approximate surface area is 122 Å². The summed E-state index contributed by atoms with van der Waals surface area (Å²) in [6.45, 7) is 4.73. The predicted molar refractivity (Wildman–Crippen MR) is 81.3 cm³/mol. The highest BCUT2D eigenvalue weighted by molar-refractivity contribution is 5.23. The average Bonchev–Trinajstić information content (AvgIpc) is 2.75. The van der Waals surface area contributed by atoms with Crippen LogP contribution in [-0.4, -0.2) is 12.1 Å². The Hall–Kier alpha value is -0.890. The van der Waals surface area contributed by atoms with Crippen LogP contribution in [0, 0.1) is 17.7 Å². The van der Waals surface area contributed by atoms with Crippen LogP contribution >= 0.6 is 0 Å². The maximum absolute atomic E-state index is 12.9. The van der Waals surface area contributed by atoms with Gasteiger partial charge in [-0.1, -0.05) is 32.4 Å². The number of halogens is 1. The van der Waals surface area contributed by atoms with Gasteiger partial charge in [0.1, 0.15) is 5.82 Å². The molecule has 20 heavy (non-hydrogen) atoms. The number of benzene rings is 1. The molecule has 0 spiro atoms. The molecule has 3 rings (SSSR count). The van der Waals surface area contributed by atoms with E-state index in [0.717, 1.165) is 17.9 Å². The second-order valence-electron chi connectivity index (χ2n) is 6.79. The lowest BCUT2D eigenvalue weighted by molar-refractivity contribution is 0.235. The Kier molecular flexibility index (Phi) is 4.11. The van der Waals surface area contributed by atoms with Crippen molar-refractivity contribution in [3.8, 4) is 0 Å². The van der Waals surface area contributed by atoms with E-state index < -0.39 is 0 Å². The van der Waals surface area contributed by atoms with Crippen molar-refractivity contribution in [2.75, 3.05) is 0 Å². The monoisotopic (exact) mass is 275 g/mol. The smallest absolute Gasteiger partial charge is 0.123 e. The molecule has 0 saturated heterocycles. The molecule has 110 valence electrons. The average molecular weight is 275 g/mol. The zero-order valence-electron chi connectivity index (χ0n) is 12.6. The Morgan fingerprint density at radius 3 is 2.45 bits per heavy atom. The Bertz CT molecular complexity index is 435. The van der Waals surface area contributed by atoms with Crippen LogP contribution in [0.4, 0.5) is 4.39 Å². The fourth-order valence-electron chi connectivity index (χ4n) is 4.12. The van der Waals surface area contributed by atoms with E-state index in [1.165, 1.54) is 37.7 Å². The minimum Gasteiger partial charge on any atom is -0.311 e. The lowest BCUT2D eigenvalue weighted by atomic mass is 9.75. The molecule has 2 aliphatic rings. The minimum absolute atomic E-state index is 0.131. The molecule has 2 aliphatic carbocycles. The van der Waals surface area contributed by atoms with Gasteiger partial charge in [-0.25, -0.2) is 4.39 Å². The first-order chi connectivity index (χ1) is 9.67. The van der Waals surface area contributed by atoms with Gasteiger partial charge >= 0.3 is 0 Å². The van der Waals surface area contributed by atoms with Gasteiger partial charge in [0.05, 0.1) is 0 Å². The molecule has 2 fully saturated rings. The van der Waals surface area contributed by atoms with Crippen LogP contribution in [0.1, 0.15) is 57.4 Å². The van der Waals surface area contributed by atoms with Gasteiger partial charge in [-0.15, -0.1) is 0 Å². The SMILES string of the molecule is CCC1CCC(NC2CC(c3ccc(F)cc3)C2)C1C. The Morgan fingerprint density at radius 1 is 1.15 bits per heavy atom. The number of hydrogen-bond donors (Lipinski definition) is 1. The van der Waals surface area contributed by atoms with Crippen molar-refractivity contribution >= 4 is 0 Å². The van der Waals surface area contributed by atoms with Gasteiger partial charge < -0.3 is 5.32 Å². The highest BCUT2D eigenvalue weighted by Gasteiger charge is 2.36. The van der Waals surface area contributed by atoms with Gasteiger partial charge in [-0.2, -0.15) is 0 Å². The first-order valence-electron chi connectivity index (χ1n) is 8.19. The quantitative estimate of drug-likeness (QED) is 0.854. The summed E-state index contributed by atoms with van der Waals surface area (Å²) < 4.78 is 12.9. The molecule has 2 saturated carbocycles. The van der Waals surface area contributed by atoms with Gasteiger partial charge in [0, 0.05) is 12.1 Å². The fraction of sp³-hybridized carbons (Fsp3) is 0.667. The van der Waals surface area contributed by atoms with Crippen molar-refractivity contribution in [2.45, 2.75) is 64.0 Å². The van der Waals surface area contributed by atoms with Gasteiger partial charge in [0.15, 0.2) is 0 Å². The van der Waals surface area contributed by atoms with Crippen LogP contribution in [0.3, 0.4) is 0 Å². The van der Waals surface area contributed by atoms with Crippen LogP contribution in [0.5, 0.6) is 0 Å². The van der Waals surface area contributed by atoms with E-state index in [9.17, 15) is 4.39 Å². The summed E-state index contributed by atoms with van der Waals surface area (Å²) in [5.74, 6) is 2.24. The van der Waals surface area contributed by atoms with Crippen molar-refractivity contribution in [1.82, 2.24) is 5.32 Å². The molecule has 0 radical (unpaired) electrons. The normalized spacial score (nSPS) is 36.9. The summed E-state index contributed by atoms with van der Waals surface area (Å²) in [6.07, 6.45) is 6.49. The highest BCUT2D eigenvalue weighted by atomic mass is 19.1. The van der Waals surface area contributed by atoms with Crippen LogP contribution < -0.4 is 5.32 Å². The summed E-state index contributed by atoms with van der Waals surface area (Å²) in [4.78, 5) is 0. The van der Waals surface area contributed by atoms with E-state index in [0.29, 0.717) is 12.0 Å². The molecule has 1 aromatic rings. The lowest BCUT2D eigenvalue weighted by Gasteiger charge is -2.39. The van der Waals surface area contributed by atoms with Crippen LogP contribution in [0.25, 0.3) is 0 Å². The largest absolute Gasteiger partial charge is 0.311 e. The van der Waals surface area contributed by atoms with E-state index in [-0.39, 0.29) is 5.82 Å². The molecule has 0 heterocycles. The van der Waals surface area contributed by atoms with Crippen LogP contribution in [0.15, 0.2) is 24.3 Å². The van der Waals surface area contributed by atoms with Gasteiger partial charge in [0.2, 0.25) is 0 Å². The molecule has 0 aliphatic heterocycles. The van der Waals surface area contributed by atoms with Gasteiger partial charge in [-0.05, 0) is 61.1 Å². The molecule has 3 atom stereocenters. The molecule has 0 amide bonds. The zero-order chi connectivity index (χ0) is 14.1. The maximum Gasteiger partial charge on any atom is 0.123 e. The van der Waals surface area contributed by atoms with Crippen molar-refractivity contribution < 1.29 is 4.39 Å². The summed E-state index contributed by atoms with van der Waals surface area (Å²) in [5, 5.41) is 3.87. The van der Waals surface area contributed by atoms with Crippen LogP contribution in [0.2, 0.25) is 0 Å². The van der Waals surface area contributed by atoms with E-state index >= 15 is 0 Å². The van der Waals surface area contributed by atoms with Gasteiger partial charge in [0.25, 0.3) is 0 Å². The van der Waals surface area contributed by atoms with E-state index in [4.69, 9.17) is 0 Å². The first-order valence-corrected chi connectivity index (χ1v) is 8.19. The third-order valence-electron chi connectivity index (χ3n) is 5.68. The summed E-state index contributed by atoms with van der Waals surface area (Å²) >= 11 is 0.